The molecule has 0 saturated carbocycles. The normalized spacial score (nSPS) is 14.1. The Labute approximate surface area is 126 Å². The van der Waals surface area contributed by atoms with Gasteiger partial charge in [0.1, 0.15) is 12.2 Å². The topological polar surface area (TPSA) is 129 Å². The second-order valence-electron chi connectivity index (χ2n) is 4.00. The van der Waals surface area contributed by atoms with E-state index in [-0.39, 0.29) is 33.0 Å². The maximum atomic E-state index is 9.10. The van der Waals surface area contributed by atoms with E-state index in [1.54, 1.807) is 0 Å². The van der Waals surface area contributed by atoms with Gasteiger partial charge in [-0.15, -0.1) is 0 Å². The molecule has 8 nitrogen and oxygen atoms in total. The molecule has 21 heavy (non-hydrogen) atoms. The number of ether oxygens (including phenoxy) is 3. The number of methoxy groups -OCH3 is 2. The predicted molar refractivity (Wildman–Crippen MR) is 78.1 cm³/mol. The van der Waals surface area contributed by atoms with Crippen LogP contribution in [0.5, 0.6) is 0 Å². The first kappa shape index (κ1) is 25.6. The molecule has 0 bridgehead atoms. The van der Waals surface area contributed by atoms with Gasteiger partial charge < -0.3 is 39.7 Å². The highest BCUT2D eigenvalue weighted by atomic mass is 16.5. The lowest BCUT2D eigenvalue weighted by molar-refractivity contribution is -0.0317. The first-order valence-corrected chi connectivity index (χ1v) is 6.67. The summed E-state index contributed by atoms with van der Waals surface area (Å²) in [4.78, 5) is 0. The molecule has 5 N–H and O–H groups in total. The summed E-state index contributed by atoms with van der Waals surface area (Å²) in [5.74, 6) is 0. The number of hydrogen-bond donors (Lipinski definition) is 5. The highest BCUT2D eigenvalue weighted by Gasteiger charge is 2.05. The summed E-state index contributed by atoms with van der Waals surface area (Å²) in [5.41, 5.74) is 0. The van der Waals surface area contributed by atoms with Gasteiger partial charge in [-0.05, 0) is 6.42 Å². The summed E-state index contributed by atoms with van der Waals surface area (Å²) in [6.07, 6.45) is -1.08. The molecule has 0 aliphatic carbocycles. The Balaban J connectivity index is -0.000000307. The third-order valence-corrected chi connectivity index (χ3v) is 2.02. The van der Waals surface area contributed by atoms with E-state index in [9.17, 15) is 0 Å². The lowest BCUT2D eigenvalue weighted by Crippen LogP contribution is -2.24. The van der Waals surface area contributed by atoms with E-state index >= 15 is 0 Å². The van der Waals surface area contributed by atoms with Crippen molar-refractivity contribution in [2.45, 2.75) is 31.7 Å². The zero-order chi connectivity index (χ0) is 17.1. The summed E-state index contributed by atoms with van der Waals surface area (Å²) in [7, 11) is 3.99. The molecular weight excluding hydrogens is 284 g/mol. The summed E-state index contributed by atoms with van der Waals surface area (Å²) in [6, 6.07) is 0. The Morgan fingerprint density at radius 3 is 1.52 bits per heavy atom. The monoisotopic (exact) mass is 316 g/mol. The van der Waals surface area contributed by atoms with E-state index in [4.69, 9.17) is 35.0 Å². The van der Waals surface area contributed by atoms with E-state index < -0.39 is 18.3 Å². The molecule has 0 rings (SSSR count). The molecule has 0 aromatic heterocycles. The summed E-state index contributed by atoms with van der Waals surface area (Å²) < 4.78 is 14.2. The van der Waals surface area contributed by atoms with Crippen LogP contribution in [0.3, 0.4) is 0 Å². The molecular formula is C13H32O8. The average molecular weight is 316 g/mol. The molecule has 132 valence electrons. The van der Waals surface area contributed by atoms with Crippen LogP contribution < -0.4 is 0 Å². The fourth-order valence-corrected chi connectivity index (χ4v) is 0.944. The second kappa shape index (κ2) is 22.0. The number of aliphatic hydroxyl groups is 5. The quantitative estimate of drug-likeness (QED) is 0.325. The molecule has 0 radical (unpaired) electrons. The van der Waals surface area contributed by atoms with Gasteiger partial charge in [0.25, 0.3) is 0 Å². The van der Waals surface area contributed by atoms with E-state index in [1.807, 2.05) is 6.92 Å². The van der Waals surface area contributed by atoms with Crippen LogP contribution in [0.15, 0.2) is 0 Å². The molecule has 0 aliphatic rings. The van der Waals surface area contributed by atoms with E-state index in [0.717, 1.165) is 7.11 Å². The number of aliphatic hydroxyl groups excluding tert-OH is 5. The standard InChI is InChI=1S/C8H18O4.C4H10O3.CH4O/c1-3-7(9)5-12-6-8(10)4-11-2;1-7-3-4(6)2-5;1-2/h7-10H,3-6H2,1-2H3;4-6H,2-3H2,1H3;2H,1H3. The highest BCUT2D eigenvalue weighted by Crippen LogP contribution is 1.92. The van der Waals surface area contributed by atoms with Crippen molar-refractivity contribution in [3.63, 3.8) is 0 Å². The third-order valence-electron chi connectivity index (χ3n) is 2.02. The van der Waals surface area contributed by atoms with E-state index in [2.05, 4.69) is 4.74 Å². The Bertz CT molecular complexity index is 170. The van der Waals surface area contributed by atoms with Gasteiger partial charge in [-0.25, -0.2) is 0 Å². The van der Waals surface area contributed by atoms with Crippen molar-refractivity contribution in [2.24, 2.45) is 0 Å². The van der Waals surface area contributed by atoms with Gasteiger partial charge in [0.15, 0.2) is 0 Å². The van der Waals surface area contributed by atoms with Gasteiger partial charge in [-0.1, -0.05) is 6.92 Å². The van der Waals surface area contributed by atoms with Crippen LogP contribution in [-0.2, 0) is 14.2 Å². The van der Waals surface area contributed by atoms with Crippen LogP contribution in [0.25, 0.3) is 0 Å². The summed E-state index contributed by atoms with van der Waals surface area (Å²) in [5, 5.41) is 41.8. The van der Waals surface area contributed by atoms with Crippen LogP contribution >= 0.6 is 0 Å². The zero-order valence-corrected chi connectivity index (χ0v) is 13.4. The van der Waals surface area contributed by atoms with Crippen LogP contribution in [-0.4, -0.2) is 98.2 Å². The largest absolute Gasteiger partial charge is 0.400 e. The number of rotatable bonds is 10. The smallest absolute Gasteiger partial charge is 0.101 e. The van der Waals surface area contributed by atoms with E-state index in [1.165, 1.54) is 14.2 Å². The molecule has 0 aliphatic heterocycles. The molecule has 0 aromatic carbocycles. The van der Waals surface area contributed by atoms with Crippen LogP contribution in [0.2, 0.25) is 0 Å². The maximum absolute atomic E-state index is 9.10. The Kier molecular flexibility index (Phi) is 26.8. The molecule has 0 spiro atoms. The Morgan fingerprint density at radius 2 is 1.19 bits per heavy atom. The molecule has 0 heterocycles. The van der Waals surface area contributed by atoms with Gasteiger partial charge in [0.2, 0.25) is 0 Å². The van der Waals surface area contributed by atoms with Crippen molar-refractivity contribution in [2.75, 3.05) is 54.4 Å². The molecule has 3 atom stereocenters. The van der Waals surface area contributed by atoms with Crippen molar-refractivity contribution in [1.29, 1.82) is 0 Å². The minimum atomic E-state index is -0.718. The number of hydrogen-bond acceptors (Lipinski definition) is 8. The van der Waals surface area contributed by atoms with Crippen molar-refractivity contribution >= 4 is 0 Å². The zero-order valence-electron chi connectivity index (χ0n) is 13.4. The van der Waals surface area contributed by atoms with Gasteiger partial charge in [0, 0.05) is 21.3 Å². The average Bonchev–Trinajstić information content (AvgIpc) is 2.50. The fraction of sp³-hybridized carbons (Fsp3) is 1.00. The molecule has 0 aromatic rings. The predicted octanol–water partition coefficient (Wildman–Crippen LogP) is -1.62. The molecule has 0 saturated heterocycles. The molecule has 8 heteroatoms. The molecule has 3 unspecified atom stereocenters. The van der Waals surface area contributed by atoms with E-state index in [0.29, 0.717) is 6.42 Å². The second-order valence-corrected chi connectivity index (χ2v) is 4.00. The summed E-state index contributed by atoms with van der Waals surface area (Å²) >= 11 is 0. The van der Waals surface area contributed by atoms with Gasteiger partial charge in [0.05, 0.1) is 39.1 Å². The van der Waals surface area contributed by atoms with Crippen molar-refractivity contribution in [1.82, 2.24) is 0 Å². The summed E-state index contributed by atoms with van der Waals surface area (Å²) in [6.45, 7) is 2.61. The van der Waals surface area contributed by atoms with Crippen molar-refractivity contribution in [3.8, 4) is 0 Å². The SMILES string of the molecule is CCC(O)COCC(O)COC.CO.COCC(O)CO. The first-order chi connectivity index (χ1) is 10.0. The van der Waals surface area contributed by atoms with Gasteiger partial charge in [-0.3, -0.25) is 0 Å². The molecule has 0 amide bonds. The highest BCUT2D eigenvalue weighted by molar-refractivity contribution is 4.53. The fourth-order valence-electron chi connectivity index (χ4n) is 0.944. The first-order valence-electron chi connectivity index (χ1n) is 6.67. The minimum Gasteiger partial charge on any atom is -0.400 e. The van der Waals surface area contributed by atoms with Crippen LogP contribution in [0.1, 0.15) is 13.3 Å². The Morgan fingerprint density at radius 1 is 0.762 bits per heavy atom. The third kappa shape index (κ3) is 25.0. The van der Waals surface area contributed by atoms with Gasteiger partial charge in [-0.2, -0.15) is 0 Å². The Hall–Kier alpha value is -0.320. The van der Waals surface area contributed by atoms with Crippen molar-refractivity contribution in [3.05, 3.63) is 0 Å². The molecule has 0 fully saturated rings. The lowest BCUT2D eigenvalue weighted by Gasteiger charge is -2.12. The van der Waals surface area contributed by atoms with Crippen molar-refractivity contribution < 1.29 is 39.7 Å². The van der Waals surface area contributed by atoms with Crippen LogP contribution in [0.4, 0.5) is 0 Å². The van der Waals surface area contributed by atoms with Gasteiger partial charge >= 0.3 is 0 Å². The van der Waals surface area contributed by atoms with Crippen LogP contribution in [0, 0.1) is 0 Å². The lowest BCUT2D eigenvalue weighted by atomic mass is 10.3. The maximum Gasteiger partial charge on any atom is 0.101 e. The minimum absolute atomic E-state index is 0.205.